The standard InChI is InChI=1S/C17H20N4O3S/c1-5-12-13(15(22)24-3)14(10-7-6-8-11(9-10)23-2)21-16(18-12)19-17(20-21)25-4/h6-9,14H,5H2,1-4H3,(H,18,19,20)/t14-/m0/s1. The van der Waals surface area contributed by atoms with Gasteiger partial charge in [0.05, 0.1) is 19.8 Å². The number of thioether (sulfide) groups is 1. The van der Waals surface area contributed by atoms with E-state index in [0.717, 1.165) is 11.3 Å². The van der Waals surface area contributed by atoms with E-state index in [4.69, 9.17) is 9.47 Å². The molecule has 7 nitrogen and oxygen atoms in total. The van der Waals surface area contributed by atoms with E-state index in [1.54, 1.807) is 11.8 Å². The van der Waals surface area contributed by atoms with Gasteiger partial charge >= 0.3 is 5.97 Å². The van der Waals surface area contributed by atoms with Crippen LogP contribution in [-0.2, 0) is 9.53 Å². The average molecular weight is 360 g/mol. The molecule has 8 heteroatoms. The second-order valence-corrected chi connectivity index (χ2v) is 6.18. The highest BCUT2D eigenvalue weighted by Gasteiger charge is 2.35. The Hall–Kier alpha value is -2.48. The summed E-state index contributed by atoms with van der Waals surface area (Å²) in [6.45, 7) is 1.98. The molecule has 1 aromatic heterocycles. The van der Waals surface area contributed by atoms with Gasteiger partial charge in [-0.1, -0.05) is 30.8 Å². The number of ether oxygens (including phenoxy) is 2. The fourth-order valence-corrected chi connectivity index (χ4v) is 3.24. The van der Waals surface area contributed by atoms with Gasteiger partial charge in [0.1, 0.15) is 11.8 Å². The van der Waals surface area contributed by atoms with Crippen LogP contribution in [0.1, 0.15) is 24.9 Å². The molecule has 2 aromatic rings. The first-order valence-corrected chi connectivity index (χ1v) is 9.08. The molecule has 0 aliphatic carbocycles. The first kappa shape index (κ1) is 17.3. The Morgan fingerprint density at radius 3 is 2.84 bits per heavy atom. The number of nitrogens with one attached hydrogen (secondary N) is 1. The molecule has 0 unspecified atom stereocenters. The number of fused-ring (bicyclic) bond motifs is 1. The Kier molecular flexibility index (Phi) is 4.98. The number of carbonyl (C=O) groups excluding carboxylic acids is 1. The van der Waals surface area contributed by atoms with Crippen molar-refractivity contribution in [3.63, 3.8) is 0 Å². The lowest BCUT2D eigenvalue weighted by Crippen LogP contribution is -2.30. The number of carbonyl (C=O) groups is 1. The molecule has 0 spiro atoms. The van der Waals surface area contributed by atoms with Crippen molar-refractivity contribution in [2.75, 3.05) is 25.8 Å². The maximum atomic E-state index is 12.5. The number of aromatic nitrogens is 3. The summed E-state index contributed by atoms with van der Waals surface area (Å²) in [6, 6.07) is 7.17. The lowest BCUT2D eigenvalue weighted by Gasteiger charge is -2.28. The third-order valence-corrected chi connectivity index (χ3v) is 4.61. The summed E-state index contributed by atoms with van der Waals surface area (Å²) in [5, 5.41) is 8.40. The van der Waals surface area contributed by atoms with Crippen molar-refractivity contribution >= 4 is 23.7 Å². The number of hydrogen-bond acceptors (Lipinski definition) is 7. The molecule has 0 saturated heterocycles. The molecule has 3 rings (SSSR count). The Labute approximate surface area is 150 Å². The van der Waals surface area contributed by atoms with Crippen LogP contribution in [0.3, 0.4) is 0 Å². The van der Waals surface area contributed by atoms with Crippen LogP contribution in [0.25, 0.3) is 0 Å². The number of nitrogens with zero attached hydrogens (tertiary/aromatic N) is 3. The normalized spacial score (nSPS) is 16.2. The number of esters is 1. The molecule has 0 bridgehead atoms. The third-order valence-electron chi connectivity index (χ3n) is 4.07. The number of hydrogen-bond donors (Lipinski definition) is 1. The molecule has 0 amide bonds. The first-order valence-electron chi connectivity index (χ1n) is 7.85. The van der Waals surface area contributed by atoms with Crippen LogP contribution >= 0.6 is 11.8 Å². The van der Waals surface area contributed by atoms with Gasteiger partial charge < -0.3 is 14.8 Å². The fourth-order valence-electron chi connectivity index (χ4n) is 2.89. The SMILES string of the molecule is CCC1=C(C(=O)OC)[C@H](c2cccc(OC)c2)n2nc(SC)nc2N1. The molecule has 0 fully saturated rings. The molecule has 1 atom stereocenters. The van der Waals surface area contributed by atoms with Crippen LogP contribution in [0, 0.1) is 0 Å². The van der Waals surface area contributed by atoms with Crippen LogP contribution in [0.4, 0.5) is 5.95 Å². The zero-order chi connectivity index (χ0) is 18.0. The highest BCUT2D eigenvalue weighted by Crippen LogP contribution is 2.38. The molecule has 132 valence electrons. The highest BCUT2D eigenvalue weighted by molar-refractivity contribution is 7.98. The van der Waals surface area contributed by atoms with Crippen LogP contribution in [-0.4, -0.2) is 41.2 Å². The van der Waals surface area contributed by atoms with Gasteiger partial charge in [-0.05, 0) is 30.4 Å². The van der Waals surface area contributed by atoms with Gasteiger partial charge in [-0.3, -0.25) is 0 Å². The summed E-state index contributed by atoms with van der Waals surface area (Å²) in [7, 11) is 3.00. The lowest BCUT2D eigenvalue weighted by molar-refractivity contribution is -0.136. The highest BCUT2D eigenvalue weighted by atomic mass is 32.2. The maximum absolute atomic E-state index is 12.5. The predicted molar refractivity (Wildman–Crippen MR) is 95.9 cm³/mol. The largest absolute Gasteiger partial charge is 0.497 e. The second kappa shape index (κ2) is 7.18. The maximum Gasteiger partial charge on any atom is 0.338 e. The average Bonchev–Trinajstić information content (AvgIpc) is 3.08. The Morgan fingerprint density at radius 1 is 1.40 bits per heavy atom. The van der Waals surface area contributed by atoms with Crippen molar-refractivity contribution in [3.05, 3.63) is 41.1 Å². The van der Waals surface area contributed by atoms with Crippen LogP contribution < -0.4 is 10.1 Å². The molecular weight excluding hydrogens is 340 g/mol. The molecule has 25 heavy (non-hydrogen) atoms. The molecule has 1 N–H and O–H groups in total. The number of benzene rings is 1. The molecule has 0 radical (unpaired) electrons. The van der Waals surface area contributed by atoms with E-state index in [-0.39, 0.29) is 5.97 Å². The Bertz CT molecular complexity index is 831. The smallest absolute Gasteiger partial charge is 0.338 e. The number of methoxy groups -OCH3 is 2. The second-order valence-electron chi connectivity index (χ2n) is 5.41. The summed E-state index contributed by atoms with van der Waals surface area (Å²) in [6.07, 6.45) is 2.56. The van der Waals surface area contributed by atoms with Gasteiger partial charge in [0.15, 0.2) is 0 Å². The molecule has 1 aliphatic rings. The van der Waals surface area contributed by atoms with Crippen molar-refractivity contribution in [2.45, 2.75) is 24.5 Å². The molecule has 1 aliphatic heterocycles. The van der Waals surface area contributed by atoms with E-state index in [1.807, 2.05) is 37.4 Å². The Morgan fingerprint density at radius 2 is 2.20 bits per heavy atom. The zero-order valence-electron chi connectivity index (χ0n) is 14.6. The van der Waals surface area contributed by atoms with Crippen LogP contribution in [0.2, 0.25) is 0 Å². The minimum Gasteiger partial charge on any atom is -0.497 e. The Balaban J connectivity index is 2.22. The fraction of sp³-hybridized carbons (Fsp3) is 0.353. The van der Waals surface area contributed by atoms with E-state index >= 15 is 0 Å². The van der Waals surface area contributed by atoms with E-state index in [9.17, 15) is 4.79 Å². The molecule has 2 heterocycles. The van der Waals surface area contributed by atoms with Gasteiger partial charge in [0, 0.05) is 5.70 Å². The van der Waals surface area contributed by atoms with Crippen molar-refractivity contribution in [1.29, 1.82) is 0 Å². The molecule has 0 saturated carbocycles. The lowest BCUT2D eigenvalue weighted by atomic mass is 9.94. The van der Waals surface area contributed by atoms with Gasteiger partial charge in [-0.25, -0.2) is 9.48 Å². The monoisotopic (exact) mass is 360 g/mol. The minimum atomic E-state index is -0.429. The van der Waals surface area contributed by atoms with Crippen LogP contribution in [0.5, 0.6) is 5.75 Å². The van der Waals surface area contributed by atoms with E-state index in [0.29, 0.717) is 28.8 Å². The predicted octanol–water partition coefficient (Wildman–Crippen LogP) is 2.86. The summed E-state index contributed by atoms with van der Waals surface area (Å²) in [4.78, 5) is 17.0. The first-order chi connectivity index (χ1) is 12.1. The minimum absolute atomic E-state index is 0.385. The van der Waals surface area contributed by atoms with Gasteiger partial charge in [-0.2, -0.15) is 4.98 Å². The van der Waals surface area contributed by atoms with Crippen LogP contribution in [0.15, 0.2) is 40.7 Å². The van der Waals surface area contributed by atoms with Crippen molar-refractivity contribution in [1.82, 2.24) is 14.8 Å². The summed E-state index contributed by atoms with van der Waals surface area (Å²) in [5.41, 5.74) is 2.20. The number of rotatable bonds is 5. The van der Waals surface area contributed by atoms with E-state index in [1.165, 1.54) is 18.9 Å². The van der Waals surface area contributed by atoms with Gasteiger partial charge in [-0.15, -0.1) is 5.10 Å². The summed E-state index contributed by atoms with van der Waals surface area (Å²) >= 11 is 1.45. The summed E-state index contributed by atoms with van der Waals surface area (Å²) < 4.78 is 12.1. The molecular formula is C17H20N4O3S. The van der Waals surface area contributed by atoms with Crippen molar-refractivity contribution in [3.8, 4) is 5.75 Å². The quantitative estimate of drug-likeness (QED) is 0.649. The zero-order valence-corrected chi connectivity index (χ0v) is 15.4. The van der Waals surface area contributed by atoms with Crippen molar-refractivity contribution in [2.24, 2.45) is 0 Å². The number of anilines is 1. The van der Waals surface area contributed by atoms with Gasteiger partial charge in [0.25, 0.3) is 0 Å². The van der Waals surface area contributed by atoms with Gasteiger partial charge in [0.2, 0.25) is 11.1 Å². The van der Waals surface area contributed by atoms with E-state index < -0.39 is 6.04 Å². The van der Waals surface area contributed by atoms with E-state index in [2.05, 4.69) is 15.4 Å². The topological polar surface area (TPSA) is 78.3 Å². The van der Waals surface area contributed by atoms with Crippen molar-refractivity contribution < 1.29 is 14.3 Å². The third kappa shape index (κ3) is 3.09. The summed E-state index contributed by atoms with van der Waals surface area (Å²) in [5.74, 6) is 0.941. The number of allylic oxidation sites excluding steroid dienone is 1. The molecule has 1 aromatic carbocycles.